The molecule has 2 aromatic carbocycles. The average Bonchev–Trinajstić information content (AvgIpc) is 2.66. The molecule has 1 heterocycles. The van der Waals surface area contributed by atoms with Crippen LogP contribution in [0.25, 0.3) is 0 Å². The molecule has 10 heteroatoms. The molecular formula is C20H18F4N4O2. The van der Waals surface area contributed by atoms with E-state index in [1.165, 1.54) is 0 Å². The summed E-state index contributed by atoms with van der Waals surface area (Å²) in [4.78, 5) is 17.5. The van der Waals surface area contributed by atoms with Crippen molar-refractivity contribution in [2.75, 3.05) is 6.54 Å². The van der Waals surface area contributed by atoms with Gasteiger partial charge in [0.05, 0.1) is 12.0 Å². The number of fused-ring (bicyclic) bond motifs is 1. The van der Waals surface area contributed by atoms with E-state index in [1.807, 2.05) is 0 Å². The Labute approximate surface area is 169 Å². The lowest BCUT2D eigenvalue weighted by atomic mass is 9.99. The molecule has 6 nitrogen and oxygen atoms in total. The van der Waals surface area contributed by atoms with Gasteiger partial charge in [0, 0.05) is 19.2 Å². The first-order valence-electron chi connectivity index (χ1n) is 8.92. The number of hydrogen-bond donors (Lipinski definition) is 2. The molecule has 0 aromatic heterocycles. The molecule has 0 unspecified atom stereocenters. The maximum absolute atomic E-state index is 13.7. The molecule has 0 aliphatic carbocycles. The predicted octanol–water partition coefficient (Wildman–Crippen LogP) is 3.88. The third-order valence-electron chi connectivity index (χ3n) is 4.59. The Kier molecular flexibility index (Phi) is 6.04. The minimum absolute atomic E-state index is 0.0437. The molecule has 0 saturated heterocycles. The summed E-state index contributed by atoms with van der Waals surface area (Å²) < 4.78 is 57.3. The first-order valence-corrected chi connectivity index (χ1v) is 8.92. The summed E-state index contributed by atoms with van der Waals surface area (Å²) in [7, 11) is 0. The fourth-order valence-electron chi connectivity index (χ4n) is 3.13. The van der Waals surface area contributed by atoms with Crippen LogP contribution in [0.3, 0.4) is 0 Å². The number of ether oxygens (including phenoxy) is 1. The molecule has 30 heavy (non-hydrogen) atoms. The lowest BCUT2D eigenvalue weighted by Crippen LogP contribution is -2.38. The third kappa shape index (κ3) is 4.94. The Bertz CT molecular complexity index is 1000. The summed E-state index contributed by atoms with van der Waals surface area (Å²) in [5, 5.41) is 6.88. The van der Waals surface area contributed by atoms with E-state index in [9.17, 15) is 22.4 Å². The van der Waals surface area contributed by atoms with E-state index in [2.05, 4.69) is 4.99 Å². The standard InChI is InChI=1S/C20H18F4N4O2/c21-17-8-15(3-4-16(17)20(22,23)24)30-14-2-1-12-5-6-28(10-13(12)7-14)19(29)9-18(26)27-11-25/h1-4,7-8,11H,5-6,9-10H2,(H3,25,26,27). The van der Waals surface area contributed by atoms with Gasteiger partial charge in [-0.25, -0.2) is 9.38 Å². The van der Waals surface area contributed by atoms with Crippen LogP contribution in [-0.4, -0.2) is 29.5 Å². The Morgan fingerprint density at radius 1 is 1.20 bits per heavy atom. The predicted molar refractivity (Wildman–Crippen MR) is 102 cm³/mol. The summed E-state index contributed by atoms with van der Waals surface area (Å²) in [5.41, 5.74) is 6.03. The molecule has 0 saturated carbocycles. The quantitative estimate of drug-likeness (QED) is 0.435. The van der Waals surface area contributed by atoms with Crippen LogP contribution in [0.4, 0.5) is 17.6 Å². The van der Waals surface area contributed by atoms with Gasteiger partial charge in [-0.2, -0.15) is 13.2 Å². The fourth-order valence-corrected chi connectivity index (χ4v) is 3.13. The monoisotopic (exact) mass is 422 g/mol. The summed E-state index contributed by atoms with van der Waals surface area (Å²) in [6.45, 7) is 0.790. The van der Waals surface area contributed by atoms with E-state index >= 15 is 0 Å². The topological polar surface area (TPSA) is 91.8 Å². The van der Waals surface area contributed by atoms with E-state index in [0.29, 0.717) is 37.4 Å². The molecule has 1 amide bonds. The summed E-state index contributed by atoms with van der Waals surface area (Å²) in [6.07, 6.45) is -3.51. The summed E-state index contributed by atoms with van der Waals surface area (Å²) in [5.74, 6) is -1.37. The number of carbonyl (C=O) groups excluding carboxylic acids is 1. The summed E-state index contributed by atoms with van der Waals surface area (Å²) in [6, 6.07) is 7.47. The zero-order chi connectivity index (χ0) is 21.9. The Balaban J connectivity index is 1.74. The van der Waals surface area contributed by atoms with Gasteiger partial charge in [-0.1, -0.05) is 6.07 Å². The normalized spacial score (nSPS) is 14.3. The molecule has 1 aliphatic heterocycles. The second-order valence-corrected chi connectivity index (χ2v) is 6.66. The number of nitrogens with one attached hydrogen (secondary N) is 1. The van der Waals surface area contributed by atoms with Gasteiger partial charge in [0.25, 0.3) is 0 Å². The molecule has 3 N–H and O–H groups in total. The van der Waals surface area contributed by atoms with E-state index in [0.717, 1.165) is 23.5 Å². The first-order chi connectivity index (χ1) is 14.2. The fraction of sp³-hybridized carbons (Fsp3) is 0.250. The zero-order valence-electron chi connectivity index (χ0n) is 15.7. The Morgan fingerprint density at radius 2 is 1.90 bits per heavy atom. The number of hydrogen-bond acceptors (Lipinski definition) is 3. The number of nitrogens with zero attached hydrogens (tertiary/aromatic N) is 2. The van der Waals surface area contributed by atoms with Crippen LogP contribution in [-0.2, 0) is 23.9 Å². The van der Waals surface area contributed by atoms with Crippen molar-refractivity contribution in [3.05, 3.63) is 58.9 Å². The number of nitrogens with two attached hydrogens (primary N) is 1. The van der Waals surface area contributed by atoms with Crippen LogP contribution in [0.1, 0.15) is 23.1 Å². The number of rotatable bonds is 5. The van der Waals surface area contributed by atoms with E-state index < -0.39 is 17.6 Å². The molecule has 0 bridgehead atoms. The van der Waals surface area contributed by atoms with Crippen LogP contribution >= 0.6 is 0 Å². The van der Waals surface area contributed by atoms with Crippen molar-refractivity contribution in [3.8, 4) is 11.5 Å². The van der Waals surface area contributed by atoms with Crippen molar-refractivity contribution in [2.45, 2.75) is 25.6 Å². The second kappa shape index (κ2) is 8.52. The van der Waals surface area contributed by atoms with Gasteiger partial charge in [0.2, 0.25) is 5.91 Å². The lowest BCUT2D eigenvalue weighted by Gasteiger charge is -2.29. The van der Waals surface area contributed by atoms with Crippen LogP contribution < -0.4 is 10.5 Å². The highest BCUT2D eigenvalue weighted by atomic mass is 19.4. The van der Waals surface area contributed by atoms with Gasteiger partial charge in [-0.15, -0.1) is 0 Å². The van der Waals surface area contributed by atoms with Crippen molar-refractivity contribution in [1.82, 2.24) is 4.90 Å². The van der Waals surface area contributed by atoms with E-state index in [-0.39, 0.29) is 23.9 Å². The Hall–Kier alpha value is -3.43. The van der Waals surface area contributed by atoms with Gasteiger partial charge < -0.3 is 15.4 Å². The summed E-state index contributed by atoms with van der Waals surface area (Å²) >= 11 is 0. The SMILES string of the molecule is N=CN=C(N)CC(=O)N1CCc2ccc(Oc3ccc(C(F)(F)F)c(F)c3)cc2C1. The highest BCUT2D eigenvalue weighted by Gasteiger charge is 2.34. The maximum Gasteiger partial charge on any atom is 0.419 e. The molecule has 0 spiro atoms. The molecular weight excluding hydrogens is 404 g/mol. The van der Waals surface area contributed by atoms with Crippen LogP contribution in [0.15, 0.2) is 41.4 Å². The number of carbonyl (C=O) groups is 1. The van der Waals surface area contributed by atoms with E-state index in [4.69, 9.17) is 15.9 Å². The number of alkyl halides is 3. The maximum atomic E-state index is 13.7. The highest BCUT2D eigenvalue weighted by molar-refractivity contribution is 6.01. The molecule has 3 rings (SSSR count). The third-order valence-corrected chi connectivity index (χ3v) is 4.59. The van der Waals surface area contributed by atoms with E-state index in [1.54, 1.807) is 23.1 Å². The number of aliphatic imine (C=N–C) groups is 1. The molecule has 158 valence electrons. The van der Waals surface area contributed by atoms with Gasteiger partial charge >= 0.3 is 6.18 Å². The van der Waals surface area contributed by atoms with Crippen LogP contribution in [0.2, 0.25) is 0 Å². The zero-order valence-corrected chi connectivity index (χ0v) is 15.7. The van der Waals surface area contributed by atoms with Gasteiger partial charge in [-0.3, -0.25) is 10.2 Å². The number of amides is 1. The van der Waals surface area contributed by atoms with Crippen molar-refractivity contribution < 1.29 is 27.1 Å². The lowest BCUT2D eigenvalue weighted by molar-refractivity contribution is -0.140. The molecule has 2 aromatic rings. The Morgan fingerprint density at radius 3 is 2.57 bits per heavy atom. The van der Waals surface area contributed by atoms with Gasteiger partial charge in [0.1, 0.15) is 29.5 Å². The minimum atomic E-state index is -4.78. The number of benzene rings is 2. The van der Waals surface area contributed by atoms with Crippen molar-refractivity contribution in [2.24, 2.45) is 10.7 Å². The van der Waals surface area contributed by atoms with Gasteiger partial charge in [0.15, 0.2) is 0 Å². The number of amidine groups is 1. The smallest absolute Gasteiger partial charge is 0.419 e. The molecule has 1 aliphatic rings. The van der Waals surface area contributed by atoms with Crippen molar-refractivity contribution in [1.29, 1.82) is 5.41 Å². The van der Waals surface area contributed by atoms with Crippen LogP contribution in [0, 0.1) is 11.2 Å². The van der Waals surface area contributed by atoms with Gasteiger partial charge in [-0.05, 0) is 41.8 Å². The minimum Gasteiger partial charge on any atom is -0.457 e. The second-order valence-electron chi connectivity index (χ2n) is 6.66. The van der Waals surface area contributed by atoms with Crippen molar-refractivity contribution in [3.63, 3.8) is 0 Å². The highest BCUT2D eigenvalue weighted by Crippen LogP contribution is 2.34. The molecule has 0 radical (unpaired) electrons. The number of halogens is 4. The largest absolute Gasteiger partial charge is 0.457 e. The molecule has 0 fully saturated rings. The van der Waals surface area contributed by atoms with Crippen molar-refractivity contribution >= 4 is 18.1 Å². The molecule has 0 atom stereocenters. The average molecular weight is 422 g/mol. The first kappa shape index (κ1) is 21.3. The van der Waals surface area contributed by atoms with Crippen LogP contribution in [0.5, 0.6) is 11.5 Å².